The third-order valence-electron chi connectivity index (χ3n) is 4.02. The molecule has 25 heavy (non-hydrogen) atoms. The van der Waals surface area contributed by atoms with Crippen molar-refractivity contribution in [2.75, 3.05) is 11.5 Å². The van der Waals surface area contributed by atoms with Gasteiger partial charge in [-0.15, -0.1) is 0 Å². The molecule has 1 amide bonds. The summed E-state index contributed by atoms with van der Waals surface area (Å²) in [7, 11) is 0. The molecule has 2 aromatic carbocycles. The van der Waals surface area contributed by atoms with Crippen LogP contribution in [0.1, 0.15) is 18.1 Å². The third-order valence-corrected chi connectivity index (χ3v) is 4.02. The Hall–Kier alpha value is -3.22. The number of oxime groups is 1. The third kappa shape index (κ3) is 3.65. The predicted molar refractivity (Wildman–Crippen MR) is 93.7 cm³/mol. The van der Waals surface area contributed by atoms with Crippen molar-refractivity contribution < 1.29 is 14.6 Å². The first-order valence-electron chi connectivity index (χ1n) is 7.86. The predicted octanol–water partition coefficient (Wildman–Crippen LogP) is 2.92. The first-order valence-corrected chi connectivity index (χ1v) is 7.86. The first kappa shape index (κ1) is 16.6. The molecule has 0 saturated carbocycles. The summed E-state index contributed by atoms with van der Waals surface area (Å²) >= 11 is 0. The second-order valence-electron chi connectivity index (χ2n) is 5.81. The number of nitro benzene ring substituents is 1. The van der Waals surface area contributed by atoms with Crippen molar-refractivity contribution in [3.8, 4) is 0 Å². The summed E-state index contributed by atoms with van der Waals surface area (Å²) in [5.74, 6) is -0.173. The standard InChI is InChI=1S/C18H17N3O4/c1-13-9-15-6-2-3-8-17(15)20(13)18(22)12-25-19-11-14-5-4-7-16(10-14)21(23)24/h2-8,10-11,13H,9,12H2,1H3/b19-11-/t13-/m1/s1. The Kier molecular flexibility index (Phi) is 4.74. The van der Waals surface area contributed by atoms with Crippen molar-refractivity contribution in [2.45, 2.75) is 19.4 Å². The Balaban J connectivity index is 1.60. The molecule has 7 heteroatoms. The molecule has 1 aliphatic heterocycles. The van der Waals surface area contributed by atoms with Gasteiger partial charge in [-0.1, -0.05) is 35.5 Å². The highest BCUT2D eigenvalue weighted by Crippen LogP contribution is 2.31. The number of anilines is 1. The highest BCUT2D eigenvalue weighted by Gasteiger charge is 2.30. The van der Waals surface area contributed by atoms with Crippen molar-refractivity contribution >= 4 is 23.5 Å². The molecular weight excluding hydrogens is 322 g/mol. The maximum absolute atomic E-state index is 12.4. The lowest BCUT2D eigenvalue weighted by atomic mass is 10.1. The SMILES string of the molecule is C[C@@H]1Cc2ccccc2N1C(=O)CO/N=C\c1cccc([N+](=O)[O-])c1. The second kappa shape index (κ2) is 7.12. The topological polar surface area (TPSA) is 85.0 Å². The molecule has 1 atom stereocenters. The van der Waals surface area contributed by atoms with Gasteiger partial charge in [0, 0.05) is 29.4 Å². The van der Waals surface area contributed by atoms with Gasteiger partial charge in [0.1, 0.15) is 0 Å². The number of nitro groups is 1. The largest absolute Gasteiger partial charge is 0.386 e. The van der Waals surface area contributed by atoms with Crippen LogP contribution in [0.4, 0.5) is 11.4 Å². The number of carbonyl (C=O) groups excluding carboxylic acids is 1. The number of rotatable bonds is 5. The van der Waals surface area contributed by atoms with E-state index >= 15 is 0 Å². The van der Waals surface area contributed by atoms with E-state index in [-0.39, 0.29) is 24.2 Å². The van der Waals surface area contributed by atoms with E-state index in [2.05, 4.69) is 5.16 Å². The summed E-state index contributed by atoms with van der Waals surface area (Å²) in [4.78, 5) is 29.5. The Morgan fingerprint density at radius 2 is 2.16 bits per heavy atom. The molecule has 128 valence electrons. The van der Waals surface area contributed by atoms with E-state index in [1.807, 2.05) is 31.2 Å². The molecule has 0 bridgehead atoms. The summed E-state index contributed by atoms with van der Waals surface area (Å²) in [6.45, 7) is 1.80. The Morgan fingerprint density at radius 1 is 1.36 bits per heavy atom. The van der Waals surface area contributed by atoms with Crippen molar-refractivity contribution in [1.29, 1.82) is 0 Å². The molecule has 0 aromatic heterocycles. The molecule has 0 aliphatic carbocycles. The van der Waals surface area contributed by atoms with Crippen LogP contribution in [0.15, 0.2) is 53.7 Å². The number of non-ortho nitro benzene ring substituents is 1. The van der Waals surface area contributed by atoms with E-state index in [0.717, 1.165) is 17.7 Å². The molecular formula is C18H17N3O4. The van der Waals surface area contributed by atoms with Crippen molar-refractivity contribution in [3.63, 3.8) is 0 Å². The molecule has 0 spiro atoms. The minimum Gasteiger partial charge on any atom is -0.386 e. The van der Waals surface area contributed by atoms with Gasteiger partial charge in [0.05, 0.1) is 11.1 Å². The Morgan fingerprint density at radius 3 is 2.96 bits per heavy atom. The second-order valence-corrected chi connectivity index (χ2v) is 5.81. The van der Waals surface area contributed by atoms with Crippen LogP contribution in [-0.2, 0) is 16.1 Å². The average Bonchev–Trinajstić information content (AvgIpc) is 2.94. The average molecular weight is 339 g/mol. The van der Waals surface area contributed by atoms with Gasteiger partial charge < -0.3 is 9.74 Å². The van der Waals surface area contributed by atoms with Crippen LogP contribution in [0.5, 0.6) is 0 Å². The smallest absolute Gasteiger partial charge is 0.270 e. The Labute approximate surface area is 144 Å². The van der Waals surface area contributed by atoms with Gasteiger partial charge in [0.2, 0.25) is 0 Å². The number of hydrogen-bond donors (Lipinski definition) is 0. The summed E-state index contributed by atoms with van der Waals surface area (Å²) < 4.78 is 0. The molecule has 0 fully saturated rings. The molecule has 1 heterocycles. The lowest BCUT2D eigenvalue weighted by Crippen LogP contribution is -2.37. The molecule has 0 saturated heterocycles. The van der Waals surface area contributed by atoms with Crippen molar-refractivity contribution in [1.82, 2.24) is 0 Å². The van der Waals surface area contributed by atoms with Gasteiger partial charge in [-0.3, -0.25) is 14.9 Å². The Bertz CT molecular complexity index is 835. The minimum atomic E-state index is -0.478. The van der Waals surface area contributed by atoms with Crippen LogP contribution < -0.4 is 4.90 Å². The summed E-state index contributed by atoms with van der Waals surface area (Å²) in [6, 6.07) is 13.9. The van der Waals surface area contributed by atoms with Crippen molar-refractivity contribution in [2.24, 2.45) is 5.16 Å². The number of carbonyl (C=O) groups is 1. The van der Waals surface area contributed by atoms with Gasteiger partial charge in [0.25, 0.3) is 11.6 Å². The van der Waals surface area contributed by atoms with Gasteiger partial charge >= 0.3 is 0 Å². The van der Waals surface area contributed by atoms with E-state index in [4.69, 9.17) is 4.84 Å². The number of fused-ring (bicyclic) bond motifs is 1. The quantitative estimate of drug-likeness (QED) is 0.476. The monoisotopic (exact) mass is 339 g/mol. The zero-order chi connectivity index (χ0) is 17.8. The summed E-state index contributed by atoms with van der Waals surface area (Å²) in [6.07, 6.45) is 2.17. The normalized spacial score (nSPS) is 16.0. The van der Waals surface area contributed by atoms with E-state index in [9.17, 15) is 14.9 Å². The van der Waals surface area contributed by atoms with E-state index in [0.29, 0.717) is 5.56 Å². The fourth-order valence-corrected chi connectivity index (χ4v) is 2.92. The lowest BCUT2D eigenvalue weighted by molar-refractivity contribution is -0.384. The number of nitrogens with zero attached hydrogens (tertiary/aromatic N) is 3. The highest BCUT2D eigenvalue weighted by molar-refractivity contribution is 5.97. The van der Waals surface area contributed by atoms with Crippen LogP contribution in [-0.4, -0.2) is 29.7 Å². The number of amides is 1. The maximum Gasteiger partial charge on any atom is 0.270 e. The van der Waals surface area contributed by atoms with Crippen LogP contribution in [0.3, 0.4) is 0 Å². The van der Waals surface area contributed by atoms with Gasteiger partial charge in [-0.05, 0) is 25.0 Å². The number of hydrogen-bond acceptors (Lipinski definition) is 5. The molecule has 0 N–H and O–H groups in total. The van der Waals surface area contributed by atoms with Gasteiger partial charge in [0.15, 0.2) is 6.61 Å². The van der Waals surface area contributed by atoms with E-state index in [1.165, 1.54) is 18.3 Å². The zero-order valence-electron chi connectivity index (χ0n) is 13.7. The lowest BCUT2D eigenvalue weighted by Gasteiger charge is -2.21. The van der Waals surface area contributed by atoms with Gasteiger partial charge in [-0.2, -0.15) is 0 Å². The zero-order valence-corrected chi connectivity index (χ0v) is 13.7. The fraction of sp³-hybridized carbons (Fsp3) is 0.222. The molecule has 2 aromatic rings. The molecule has 7 nitrogen and oxygen atoms in total. The van der Waals surface area contributed by atoms with Crippen molar-refractivity contribution in [3.05, 3.63) is 69.8 Å². The molecule has 0 unspecified atom stereocenters. The van der Waals surface area contributed by atoms with Crippen LogP contribution in [0, 0.1) is 10.1 Å². The van der Waals surface area contributed by atoms with Crippen LogP contribution >= 0.6 is 0 Å². The minimum absolute atomic E-state index is 0.0254. The maximum atomic E-state index is 12.4. The van der Waals surface area contributed by atoms with E-state index < -0.39 is 4.92 Å². The molecule has 3 rings (SSSR count). The van der Waals surface area contributed by atoms with Crippen LogP contribution in [0.2, 0.25) is 0 Å². The fourth-order valence-electron chi connectivity index (χ4n) is 2.92. The van der Waals surface area contributed by atoms with Crippen LogP contribution in [0.25, 0.3) is 0 Å². The molecule has 0 radical (unpaired) electrons. The highest BCUT2D eigenvalue weighted by atomic mass is 16.6. The summed E-state index contributed by atoms with van der Waals surface area (Å²) in [5, 5.41) is 14.5. The molecule has 1 aliphatic rings. The van der Waals surface area contributed by atoms with E-state index in [1.54, 1.807) is 17.0 Å². The first-order chi connectivity index (χ1) is 12.1. The number of benzene rings is 2. The van der Waals surface area contributed by atoms with Gasteiger partial charge in [-0.25, -0.2) is 0 Å². The summed E-state index contributed by atoms with van der Waals surface area (Å²) in [5.41, 5.74) is 2.55. The number of para-hydroxylation sites is 1.